The Hall–Kier alpha value is -1.17. The Labute approximate surface area is 113 Å². The highest BCUT2D eigenvalue weighted by atomic mass is 19.1. The maximum absolute atomic E-state index is 14.1. The highest BCUT2D eigenvalue weighted by Gasteiger charge is 2.35. The first kappa shape index (κ1) is 14.2. The minimum atomic E-state index is -0.249. The van der Waals surface area contributed by atoms with Gasteiger partial charge >= 0.3 is 0 Å². The summed E-state index contributed by atoms with van der Waals surface area (Å²) in [7, 11) is 3.29. The molecule has 0 amide bonds. The number of nitrogens with two attached hydrogens (primary N) is 1. The first-order valence-corrected chi connectivity index (χ1v) is 6.43. The lowest BCUT2D eigenvalue weighted by molar-refractivity contribution is -0.00461. The SMILES string of the molecule is COC1CN(c2c(F)cccc2[C@@H](C)N)CC1OC. The molecular formula is C14H21FN2O2. The summed E-state index contributed by atoms with van der Waals surface area (Å²) >= 11 is 0. The molecule has 5 heteroatoms. The summed E-state index contributed by atoms with van der Waals surface area (Å²) in [5, 5.41) is 0. The van der Waals surface area contributed by atoms with Gasteiger partial charge in [-0.1, -0.05) is 12.1 Å². The predicted octanol–water partition coefficient (Wildman–Crippen LogP) is 1.70. The number of methoxy groups -OCH3 is 2. The van der Waals surface area contributed by atoms with E-state index < -0.39 is 0 Å². The van der Waals surface area contributed by atoms with Gasteiger partial charge in [0.25, 0.3) is 0 Å². The largest absolute Gasteiger partial charge is 0.377 e. The Balaban J connectivity index is 2.33. The van der Waals surface area contributed by atoms with Crippen LogP contribution in [0.3, 0.4) is 0 Å². The number of hydrogen-bond donors (Lipinski definition) is 1. The lowest BCUT2D eigenvalue weighted by Gasteiger charge is -2.23. The molecule has 0 aromatic heterocycles. The van der Waals surface area contributed by atoms with E-state index in [9.17, 15) is 4.39 Å². The van der Waals surface area contributed by atoms with E-state index in [-0.39, 0.29) is 24.1 Å². The van der Waals surface area contributed by atoms with Gasteiger partial charge in [-0.25, -0.2) is 4.39 Å². The second kappa shape index (κ2) is 5.86. The fourth-order valence-electron chi connectivity index (χ4n) is 2.61. The average molecular weight is 268 g/mol. The van der Waals surface area contributed by atoms with Gasteiger partial charge in [0.05, 0.1) is 5.69 Å². The molecular weight excluding hydrogens is 247 g/mol. The van der Waals surface area contributed by atoms with Gasteiger partial charge in [-0.15, -0.1) is 0 Å². The van der Waals surface area contributed by atoms with Gasteiger partial charge in [-0.2, -0.15) is 0 Å². The number of halogens is 1. The minimum Gasteiger partial charge on any atom is -0.377 e. The van der Waals surface area contributed by atoms with Crippen LogP contribution in [0.4, 0.5) is 10.1 Å². The van der Waals surface area contributed by atoms with Crippen molar-refractivity contribution in [1.82, 2.24) is 0 Å². The van der Waals surface area contributed by atoms with E-state index in [4.69, 9.17) is 15.2 Å². The molecule has 0 saturated carbocycles. The van der Waals surface area contributed by atoms with Gasteiger partial charge in [-0.05, 0) is 18.6 Å². The third-order valence-corrected chi connectivity index (χ3v) is 3.65. The standard InChI is InChI=1S/C14H21FN2O2/c1-9(16)10-5-4-6-11(15)14(10)17-7-12(18-2)13(8-17)19-3/h4-6,9,12-13H,7-8,16H2,1-3H3/t9-,12?,13?/m1/s1. The van der Waals surface area contributed by atoms with Gasteiger partial charge in [0.2, 0.25) is 0 Å². The Bertz CT molecular complexity index is 427. The van der Waals surface area contributed by atoms with Gasteiger partial charge < -0.3 is 20.1 Å². The fourth-order valence-corrected chi connectivity index (χ4v) is 2.61. The smallest absolute Gasteiger partial charge is 0.146 e. The molecule has 106 valence electrons. The van der Waals surface area contributed by atoms with Crippen molar-refractivity contribution < 1.29 is 13.9 Å². The Morgan fingerprint density at radius 2 is 1.84 bits per heavy atom. The molecule has 2 unspecified atom stereocenters. The third kappa shape index (κ3) is 2.73. The zero-order chi connectivity index (χ0) is 14.0. The van der Waals surface area contributed by atoms with Gasteiger partial charge in [0, 0.05) is 33.4 Å². The van der Waals surface area contributed by atoms with Crippen LogP contribution in [0.15, 0.2) is 18.2 Å². The van der Waals surface area contributed by atoms with Crippen molar-refractivity contribution in [3.05, 3.63) is 29.6 Å². The van der Waals surface area contributed by atoms with E-state index in [2.05, 4.69) is 0 Å². The van der Waals surface area contributed by atoms with Crippen LogP contribution in [0.2, 0.25) is 0 Å². The Kier molecular flexibility index (Phi) is 4.39. The van der Waals surface area contributed by atoms with Crippen molar-refractivity contribution in [1.29, 1.82) is 0 Å². The number of ether oxygens (including phenoxy) is 2. The predicted molar refractivity (Wildman–Crippen MR) is 72.8 cm³/mol. The molecule has 3 atom stereocenters. The number of para-hydroxylation sites is 1. The van der Waals surface area contributed by atoms with E-state index >= 15 is 0 Å². The monoisotopic (exact) mass is 268 g/mol. The van der Waals surface area contributed by atoms with Crippen molar-refractivity contribution in [3.8, 4) is 0 Å². The van der Waals surface area contributed by atoms with E-state index in [1.54, 1.807) is 20.3 Å². The Morgan fingerprint density at radius 3 is 2.32 bits per heavy atom. The van der Waals surface area contributed by atoms with Crippen LogP contribution in [-0.4, -0.2) is 39.5 Å². The van der Waals surface area contributed by atoms with Crippen LogP contribution in [-0.2, 0) is 9.47 Å². The zero-order valence-electron chi connectivity index (χ0n) is 11.6. The van der Waals surface area contributed by atoms with Crippen LogP contribution in [0, 0.1) is 5.82 Å². The number of rotatable bonds is 4. The quantitative estimate of drug-likeness (QED) is 0.903. The van der Waals surface area contributed by atoms with Gasteiger partial charge in [-0.3, -0.25) is 0 Å². The first-order chi connectivity index (χ1) is 9.08. The topological polar surface area (TPSA) is 47.7 Å². The highest BCUT2D eigenvalue weighted by molar-refractivity contribution is 5.57. The summed E-state index contributed by atoms with van der Waals surface area (Å²) in [6.07, 6.45) is -0.101. The summed E-state index contributed by atoms with van der Waals surface area (Å²) in [6, 6.07) is 4.80. The molecule has 2 rings (SSSR count). The molecule has 0 aliphatic carbocycles. The second-order valence-electron chi connectivity index (χ2n) is 4.92. The van der Waals surface area contributed by atoms with Crippen LogP contribution in [0.1, 0.15) is 18.5 Å². The van der Waals surface area contributed by atoms with E-state index in [0.717, 1.165) is 5.56 Å². The number of hydrogen-bond acceptors (Lipinski definition) is 4. The summed E-state index contributed by atoms with van der Waals surface area (Å²) in [4.78, 5) is 1.95. The highest BCUT2D eigenvalue weighted by Crippen LogP contribution is 2.32. The summed E-state index contributed by atoms with van der Waals surface area (Å²) < 4.78 is 24.9. The molecule has 1 aromatic carbocycles. The zero-order valence-corrected chi connectivity index (χ0v) is 11.6. The van der Waals surface area contributed by atoms with Gasteiger partial charge in [0.1, 0.15) is 18.0 Å². The number of anilines is 1. The summed E-state index contributed by atoms with van der Waals surface area (Å²) in [5.41, 5.74) is 7.31. The van der Waals surface area contributed by atoms with Gasteiger partial charge in [0.15, 0.2) is 0 Å². The fraction of sp³-hybridized carbons (Fsp3) is 0.571. The molecule has 4 nitrogen and oxygen atoms in total. The summed E-state index contributed by atoms with van der Waals surface area (Å²) in [6.45, 7) is 3.07. The lowest BCUT2D eigenvalue weighted by Crippen LogP contribution is -2.27. The number of nitrogens with zero attached hydrogens (tertiary/aromatic N) is 1. The molecule has 0 spiro atoms. The van der Waals surface area contributed by atoms with Crippen LogP contribution < -0.4 is 10.6 Å². The van der Waals surface area contributed by atoms with Crippen molar-refractivity contribution in [3.63, 3.8) is 0 Å². The van der Waals surface area contributed by atoms with Crippen molar-refractivity contribution in [2.24, 2.45) is 5.73 Å². The molecule has 19 heavy (non-hydrogen) atoms. The van der Waals surface area contributed by atoms with Crippen LogP contribution >= 0.6 is 0 Å². The van der Waals surface area contributed by atoms with Crippen LogP contribution in [0.5, 0.6) is 0 Å². The first-order valence-electron chi connectivity index (χ1n) is 6.43. The van der Waals surface area contributed by atoms with Crippen molar-refractivity contribution >= 4 is 5.69 Å². The number of benzene rings is 1. The maximum Gasteiger partial charge on any atom is 0.146 e. The molecule has 1 fully saturated rings. The molecule has 1 aliphatic rings. The van der Waals surface area contributed by atoms with Crippen molar-refractivity contribution in [2.45, 2.75) is 25.2 Å². The minimum absolute atomic E-state index is 0.0504. The summed E-state index contributed by atoms with van der Waals surface area (Å²) in [5.74, 6) is -0.249. The maximum atomic E-state index is 14.1. The average Bonchev–Trinajstić information content (AvgIpc) is 2.81. The molecule has 0 radical (unpaired) electrons. The second-order valence-corrected chi connectivity index (χ2v) is 4.92. The van der Waals surface area contributed by atoms with E-state index in [1.165, 1.54) is 6.07 Å². The van der Waals surface area contributed by atoms with E-state index in [0.29, 0.717) is 18.8 Å². The molecule has 1 aliphatic heterocycles. The van der Waals surface area contributed by atoms with E-state index in [1.807, 2.05) is 17.9 Å². The molecule has 0 bridgehead atoms. The van der Waals surface area contributed by atoms with Crippen LogP contribution in [0.25, 0.3) is 0 Å². The molecule has 1 heterocycles. The lowest BCUT2D eigenvalue weighted by atomic mass is 10.1. The molecule has 1 aromatic rings. The molecule has 2 N–H and O–H groups in total. The molecule has 1 saturated heterocycles. The third-order valence-electron chi connectivity index (χ3n) is 3.65. The van der Waals surface area contributed by atoms with Crippen molar-refractivity contribution in [2.75, 3.05) is 32.2 Å². The normalized spacial score (nSPS) is 24.8. The Morgan fingerprint density at radius 1 is 1.26 bits per heavy atom.